The van der Waals surface area contributed by atoms with E-state index in [0.29, 0.717) is 23.8 Å². The molecule has 1 N–H and O–H groups in total. The van der Waals surface area contributed by atoms with Crippen LogP contribution in [0.5, 0.6) is 6.01 Å². The number of nitrogens with one attached hydrogen (secondary N) is 1. The summed E-state index contributed by atoms with van der Waals surface area (Å²) in [4.78, 5) is 23.1. The van der Waals surface area contributed by atoms with Crippen LogP contribution in [-0.2, 0) is 0 Å². The number of halogens is 1. The Kier molecular flexibility index (Phi) is 6.44. The lowest BCUT2D eigenvalue weighted by Gasteiger charge is -2.28. The maximum absolute atomic E-state index is 12.0. The Hall–Kier alpha value is -1.99. The molecule has 2 heterocycles. The van der Waals surface area contributed by atoms with Crippen LogP contribution in [0.4, 0.5) is 11.5 Å². The van der Waals surface area contributed by atoms with Crippen LogP contribution < -0.4 is 10.1 Å². The van der Waals surface area contributed by atoms with Gasteiger partial charge >= 0.3 is 6.01 Å². The molecule has 0 aliphatic carbocycles. The third-order valence-corrected chi connectivity index (χ3v) is 5.37. The van der Waals surface area contributed by atoms with Gasteiger partial charge in [-0.1, -0.05) is 19.1 Å². The standard InChI is InChI=1S/C20H25BrN4O2/c1-4-18(26)14-6-5-13(2)17(11-14)23-19-16(21)12-22-20(24-19)27-15-7-9-25(3)10-8-15/h5-6,11-12,15H,4,7-10H2,1-3H3,(H,22,23,24). The molecule has 7 heteroatoms. The minimum absolute atomic E-state index is 0.117. The van der Waals surface area contributed by atoms with Crippen molar-refractivity contribution in [2.75, 3.05) is 25.5 Å². The van der Waals surface area contributed by atoms with E-state index >= 15 is 0 Å². The van der Waals surface area contributed by atoms with Gasteiger partial charge in [0.25, 0.3) is 0 Å². The number of ketones is 1. The Bertz CT molecular complexity index is 820. The molecule has 0 amide bonds. The van der Waals surface area contributed by atoms with Crippen LogP contribution >= 0.6 is 15.9 Å². The second kappa shape index (κ2) is 8.80. The number of benzene rings is 1. The summed E-state index contributed by atoms with van der Waals surface area (Å²) >= 11 is 3.49. The summed E-state index contributed by atoms with van der Waals surface area (Å²) in [5.74, 6) is 0.739. The summed E-state index contributed by atoms with van der Waals surface area (Å²) in [7, 11) is 2.12. The highest BCUT2D eigenvalue weighted by Crippen LogP contribution is 2.28. The number of aryl methyl sites for hydroxylation is 1. The number of hydrogen-bond acceptors (Lipinski definition) is 6. The Morgan fingerprint density at radius 1 is 1.37 bits per heavy atom. The summed E-state index contributed by atoms with van der Waals surface area (Å²) in [6.45, 7) is 5.89. The number of aromatic nitrogens is 2. The van der Waals surface area contributed by atoms with Crippen molar-refractivity contribution in [3.8, 4) is 6.01 Å². The van der Waals surface area contributed by atoms with E-state index in [-0.39, 0.29) is 11.9 Å². The lowest BCUT2D eigenvalue weighted by atomic mass is 10.1. The fraction of sp³-hybridized carbons (Fsp3) is 0.450. The van der Waals surface area contributed by atoms with Crippen LogP contribution in [0.3, 0.4) is 0 Å². The topological polar surface area (TPSA) is 67.3 Å². The Labute approximate surface area is 168 Å². The molecule has 0 bridgehead atoms. The van der Waals surface area contributed by atoms with Crippen molar-refractivity contribution in [2.45, 2.75) is 39.2 Å². The van der Waals surface area contributed by atoms with Crippen LogP contribution in [0.25, 0.3) is 0 Å². The minimum atomic E-state index is 0.117. The van der Waals surface area contributed by atoms with Crippen LogP contribution in [0.15, 0.2) is 28.9 Å². The summed E-state index contributed by atoms with van der Waals surface area (Å²) < 4.78 is 6.72. The maximum atomic E-state index is 12.0. The molecule has 1 saturated heterocycles. The van der Waals surface area contributed by atoms with Crippen molar-refractivity contribution in [2.24, 2.45) is 0 Å². The molecule has 27 heavy (non-hydrogen) atoms. The summed E-state index contributed by atoms with van der Waals surface area (Å²) in [5.41, 5.74) is 2.57. The molecule has 144 valence electrons. The number of carbonyl (C=O) groups excluding carboxylic acids is 1. The monoisotopic (exact) mass is 432 g/mol. The highest BCUT2D eigenvalue weighted by atomic mass is 79.9. The van der Waals surface area contributed by atoms with E-state index in [1.807, 2.05) is 32.0 Å². The zero-order valence-electron chi connectivity index (χ0n) is 16.0. The molecular weight excluding hydrogens is 408 g/mol. The van der Waals surface area contributed by atoms with Crippen molar-refractivity contribution in [1.82, 2.24) is 14.9 Å². The molecule has 6 nitrogen and oxygen atoms in total. The molecule has 1 aliphatic heterocycles. The van der Waals surface area contributed by atoms with E-state index in [4.69, 9.17) is 4.74 Å². The molecule has 0 radical (unpaired) electrons. The number of Topliss-reactive ketones (excluding diaryl/α,β-unsaturated/α-hetero) is 1. The van der Waals surface area contributed by atoms with Crippen molar-refractivity contribution in [1.29, 1.82) is 0 Å². The molecule has 1 aliphatic rings. The molecule has 0 unspecified atom stereocenters. The average Bonchev–Trinajstić information content (AvgIpc) is 2.67. The van der Waals surface area contributed by atoms with Gasteiger partial charge in [-0.2, -0.15) is 4.98 Å². The molecule has 2 aromatic rings. The number of ether oxygens (including phenoxy) is 1. The summed E-state index contributed by atoms with van der Waals surface area (Å²) in [5, 5.41) is 3.31. The molecule has 0 saturated carbocycles. The third-order valence-electron chi connectivity index (χ3n) is 4.79. The predicted octanol–water partition coefficient (Wildman–Crippen LogP) is 4.36. The van der Waals surface area contributed by atoms with Gasteiger partial charge in [0, 0.05) is 30.8 Å². The summed E-state index contributed by atoms with van der Waals surface area (Å²) in [6, 6.07) is 6.04. The summed E-state index contributed by atoms with van der Waals surface area (Å²) in [6.07, 6.45) is 4.25. The molecule has 3 rings (SSSR count). The van der Waals surface area contributed by atoms with Crippen molar-refractivity contribution in [3.63, 3.8) is 0 Å². The lowest BCUT2D eigenvalue weighted by Crippen LogP contribution is -2.35. The lowest BCUT2D eigenvalue weighted by molar-refractivity contribution is 0.0988. The maximum Gasteiger partial charge on any atom is 0.318 e. The Morgan fingerprint density at radius 3 is 2.81 bits per heavy atom. The highest BCUT2D eigenvalue weighted by molar-refractivity contribution is 9.10. The zero-order valence-corrected chi connectivity index (χ0v) is 17.5. The molecule has 0 atom stereocenters. The van der Waals surface area contributed by atoms with Gasteiger partial charge in [-0.15, -0.1) is 0 Å². The van der Waals surface area contributed by atoms with E-state index in [1.165, 1.54) is 0 Å². The zero-order chi connectivity index (χ0) is 19.4. The van der Waals surface area contributed by atoms with Gasteiger partial charge in [0.2, 0.25) is 0 Å². The third kappa shape index (κ3) is 5.05. The van der Waals surface area contributed by atoms with Gasteiger partial charge in [-0.3, -0.25) is 4.79 Å². The van der Waals surface area contributed by atoms with E-state index in [0.717, 1.165) is 41.7 Å². The fourth-order valence-electron chi connectivity index (χ4n) is 3.01. The van der Waals surface area contributed by atoms with Crippen LogP contribution in [0.1, 0.15) is 42.1 Å². The van der Waals surface area contributed by atoms with Gasteiger partial charge in [-0.25, -0.2) is 4.98 Å². The van der Waals surface area contributed by atoms with E-state index < -0.39 is 0 Å². The Balaban J connectivity index is 1.78. The highest BCUT2D eigenvalue weighted by Gasteiger charge is 2.19. The molecule has 1 aromatic heterocycles. The van der Waals surface area contributed by atoms with Crippen LogP contribution in [0, 0.1) is 6.92 Å². The van der Waals surface area contributed by atoms with Gasteiger partial charge < -0.3 is 15.0 Å². The SMILES string of the molecule is CCC(=O)c1ccc(C)c(Nc2nc(OC3CCN(C)CC3)ncc2Br)c1. The number of rotatable bonds is 6. The second-order valence-corrected chi connectivity index (χ2v) is 7.76. The predicted molar refractivity (Wildman–Crippen MR) is 110 cm³/mol. The first-order valence-electron chi connectivity index (χ1n) is 9.25. The fourth-order valence-corrected chi connectivity index (χ4v) is 3.30. The van der Waals surface area contributed by atoms with Crippen molar-refractivity contribution >= 4 is 33.2 Å². The molecule has 1 aromatic carbocycles. The van der Waals surface area contributed by atoms with Gasteiger partial charge in [-0.05, 0) is 54.4 Å². The van der Waals surface area contributed by atoms with Gasteiger partial charge in [0.15, 0.2) is 11.6 Å². The quantitative estimate of drug-likeness (QED) is 0.683. The molecular formula is C20H25BrN4O2. The number of anilines is 2. The Morgan fingerprint density at radius 2 is 2.11 bits per heavy atom. The first kappa shape index (κ1) is 19.8. The first-order chi connectivity index (χ1) is 13.0. The number of piperidine rings is 1. The number of likely N-dealkylation sites (tertiary alicyclic amines) is 1. The van der Waals surface area contributed by atoms with Crippen LogP contribution in [-0.4, -0.2) is 46.9 Å². The molecule has 1 fully saturated rings. The normalized spacial score (nSPS) is 15.6. The van der Waals surface area contributed by atoms with E-state index in [9.17, 15) is 4.79 Å². The van der Waals surface area contributed by atoms with Gasteiger partial charge in [0.1, 0.15) is 6.10 Å². The average molecular weight is 433 g/mol. The number of nitrogens with zero attached hydrogens (tertiary/aromatic N) is 3. The van der Waals surface area contributed by atoms with Crippen molar-refractivity contribution < 1.29 is 9.53 Å². The van der Waals surface area contributed by atoms with Gasteiger partial charge in [0.05, 0.1) is 10.7 Å². The minimum Gasteiger partial charge on any atom is -0.460 e. The smallest absolute Gasteiger partial charge is 0.318 e. The largest absolute Gasteiger partial charge is 0.460 e. The molecule has 0 spiro atoms. The second-order valence-electron chi connectivity index (χ2n) is 6.90. The first-order valence-corrected chi connectivity index (χ1v) is 10.0. The van der Waals surface area contributed by atoms with Crippen molar-refractivity contribution in [3.05, 3.63) is 40.0 Å². The number of hydrogen-bond donors (Lipinski definition) is 1. The van der Waals surface area contributed by atoms with E-state index in [2.05, 4.69) is 43.2 Å². The number of carbonyl (C=O) groups is 1. The van der Waals surface area contributed by atoms with Crippen LogP contribution in [0.2, 0.25) is 0 Å². The van der Waals surface area contributed by atoms with E-state index in [1.54, 1.807) is 6.20 Å².